The second-order valence-electron chi connectivity index (χ2n) is 5.55. The maximum atomic E-state index is 12.0. The predicted molar refractivity (Wildman–Crippen MR) is 91.0 cm³/mol. The summed E-state index contributed by atoms with van der Waals surface area (Å²) in [5, 5.41) is 0. The van der Waals surface area contributed by atoms with Crippen molar-refractivity contribution in [1.29, 1.82) is 0 Å². The molecule has 0 atom stereocenters. The summed E-state index contributed by atoms with van der Waals surface area (Å²) >= 11 is 0. The van der Waals surface area contributed by atoms with Crippen LogP contribution in [-0.4, -0.2) is 18.9 Å². The summed E-state index contributed by atoms with van der Waals surface area (Å²) in [6.45, 7) is 3.69. The number of esters is 1. The van der Waals surface area contributed by atoms with Crippen LogP contribution in [0, 0.1) is 0 Å². The van der Waals surface area contributed by atoms with E-state index in [1.54, 1.807) is 19.1 Å². The van der Waals surface area contributed by atoms with Crippen molar-refractivity contribution in [2.75, 3.05) is 7.11 Å². The molecule has 0 unspecified atom stereocenters. The number of carbonyl (C=O) groups is 2. The molecule has 0 saturated heterocycles. The highest BCUT2D eigenvalue weighted by Crippen LogP contribution is 2.19. The number of Topliss-reactive ketones (excluding diaryl/α,β-unsaturated/α-hetero) is 1. The third-order valence-corrected chi connectivity index (χ3v) is 4.03. The van der Waals surface area contributed by atoms with E-state index < -0.39 is 0 Å². The van der Waals surface area contributed by atoms with Crippen molar-refractivity contribution in [3.8, 4) is 0 Å². The monoisotopic (exact) mass is 310 g/mol. The maximum absolute atomic E-state index is 12.0. The number of hydrogen-bond donors (Lipinski definition) is 0. The Balaban J connectivity index is 2.15. The van der Waals surface area contributed by atoms with Crippen molar-refractivity contribution in [2.45, 2.75) is 33.1 Å². The summed E-state index contributed by atoms with van der Waals surface area (Å²) in [5.41, 5.74) is 4.74. The Morgan fingerprint density at radius 2 is 1.61 bits per heavy atom. The maximum Gasteiger partial charge on any atom is 0.337 e. The number of ether oxygens (including phenoxy) is 1. The summed E-state index contributed by atoms with van der Waals surface area (Å²) in [7, 11) is 1.38. The Labute approximate surface area is 137 Å². The van der Waals surface area contributed by atoms with Gasteiger partial charge in [-0.15, -0.1) is 0 Å². The number of benzene rings is 2. The van der Waals surface area contributed by atoms with Crippen LogP contribution < -0.4 is 0 Å². The Hall–Kier alpha value is -2.42. The molecule has 0 heterocycles. The summed E-state index contributed by atoms with van der Waals surface area (Å²) < 4.78 is 4.70. The number of aryl methyl sites for hydroxylation is 3. The lowest BCUT2D eigenvalue weighted by atomic mass is 9.92. The number of rotatable bonds is 6. The van der Waals surface area contributed by atoms with Gasteiger partial charge in [0.15, 0.2) is 5.78 Å². The normalized spacial score (nSPS) is 10.4. The molecule has 3 nitrogen and oxygen atoms in total. The van der Waals surface area contributed by atoms with Crippen molar-refractivity contribution in [3.63, 3.8) is 0 Å². The highest BCUT2D eigenvalue weighted by Gasteiger charge is 2.12. The molecule has 0 spiro atoms. The lowest BCUT2D eigenvalue weighted by Gasteiger charge is -2.11. The smallest absolute Gasteiger partial charge is 0.337 e. The largest absolute Gasteiger partial charge is 0.465 e. The molecule has 2 rings (SSSR count). The van der Waals surface area contributed by atoms with Gasteiger partial charge in [-0.05, 0) is 55.0 Å². The SMILES string of the molecule is CCc1cccc(CCc2ccc(C(=O)OC)cc2)c1C(C)=O. The van der Waals surface area contributed by atoms with E-state index in [-0.39, 0.29) is 11.8 Å². The zero-order valence-corrected chi connectivity index (χ0v) is 13.9. The van der Waals surface area contributed by atoms with E-state index in [0.717, 1.165) is 41.5 Å². The van der Waals surface area contributed by atoms with E-state index >= 15 is 0 Å². The van der Waals surface area contributed by atoms with E-state index in [2.05, 4.69) is 6.92 Å². The van der Waals surface area contributed by atoms with Crippen molar-refractivity contribution >= 4 is 11.8 Å². The predicted octanol–water partition coefficient (Wildman–Crippen LogP) is 4.02. The van der Waals surface area contributed by atoms with Crippen LogP contribution in [0.25, 0.3) is 0 Å². The minimum atomic E-state index is -0.328. The van der Waals surface area contributed by atoms with Gasteiger partial charge in [0, 0.05) is 5.56 Å². The Bertz CT molecular complexity index is 699. The van der Waals surface area contributed by atoms with Crippen molar-refractivity contribution < 1.29 is 14.3 Å². The van der Waals surface area contributed by atoms with Crippen LogP contribution in [0.3, 0.4) is 0 Å². The molecule has 0 bridgehead atoms. The average Bonchev–Trinajstić information content (AvgIpc) is 2.59. The molecular weight excluding hydrogens is 288 g/mol. The lowest BCUT2D eigenvalue weighted by molar-refractivity contribution is 0.0600. The molecule has 0 saturated carbocycles. The number of methoxy groups -OCH3 is 1. The van der Waals surface area contributed by atoms with Gasteiger partial charge in [-0.25, -0.2) is 4.79 Å². The van der Waals surface area contributed by atoms with E-state index in [0.29, 0.717) is 5.56 Å². The molecule has 0 aliphatic rings. The minimum Gasteiger partial charge on any atom is -0.465 e. The number of carbonyl (C=O) groups excluding carboxylic acids is 2. The fraction of sp³-hybridized carbons (Fsp3) is 0.300. The fourth-order valence-electron chi connectivity index (χ4n) is 2.81. The van der Waals surface area contributed by atoms with Crippen LogP contribution in [-0.2, 0) is 24.0 Å². The molecule has 0 fully saturated rings. The molecule has 0 aromatic heterocycles. The van der Waals surface area contributed by atoms with E-state index in [9.17, 15) is 9.59 Å². The topological polar surface area (TPSA) is 43.4 Å². The van der Waals surface area contributed by atoms with Crippen LogP contribution in [0.4, 0.5) is 0 Å². The summed E-state index contributed by atoms with van der Waals surface area (Å²) in [4.78, 5) is 23.4. The Morgan fingerprint density at radius 3 is 2.17 bits per heavy atom. The van der Waals surface area contributed by atoms with Crippen LogP contribution in [0.15, 0.2) is 42.5 Å². The summed E-state index contributed by atoms with van der Waals surface area (Å²) in [6.07, 6.45) is 2.49. The van der Waals surface area contributed by atoms with E-state index in [1.165, 1.54) is 7.11 Å². The van der Waals surface area contributed by atoms with Crippen molar-refractivity contribution in [3.05, 3.63) is 70.3 Å². The molecule has 120 valence electrons. The lowest BCUT2D eigenvalue weighted by Crippen LogP contribution is -2.06. The zero-order valence-electron chi connectivity index (χ0n) is 13.9. The highest BCUT2D eigenvalue weighted by atomic mass is 16.5. The van der Waals surface area contributed by atoms with Gasteiger partial charge in [-0.2, -0.15) is 0 Å². The molecule has 23 heavy (non-hydrogen) atoms. The minimum absolute atomic E-state index is 0.124. The fourth-order valence-corrected chi connectivity index (χ4v) is 2.81. The van der Waals surface area contributed by atoms with Gasteiger partial charge in [0.1, 0.15) is 0 Å². The van der Waals surface area contributed by atoms with Gasteiger partial charge >= 0.3 is 5.97 Å². The van der Waals surface area contributed by atoms with Gasteiger partial charge in [-0.1, -0.05) is 37.3 Å². The zero-order chi connectivity index (χ0) is 16.8. The molecule has 0 aliphatic heterocycles. The first-order valence-electron chi connectivity index (χ1n) is 7.85. The molecular formula is C20H22O3. The standard InChI is InChI=1S/C20H22O3/c1-4-16-6-5-7-17(19(16)14(2)21)11-8-15-9-12-18(13-10-15)20(22)23-3/h5-7,9-10,12-13H,4,8,11H2,1-3H3. The van der Waals surface area contributed by atoms with Crippen molar-refractivity contribution in [2.24, 2.45) is 0 Å². The van der Waals surface area contributed by atoms with Crippen molar-refractivity contribution in [1.82, 2.24) is 0 Å². The summed E-state index contributed by atoms with van der Waals surface area (Å²) in [6, 6.07) is 13.5. The number of hydrogen-bond acceptors (Lipinski definition) is 3. The van der Waals surface area contributed by atoms with Gasteiger partial charge in [-0.3, -0.25) is 4.79 Å². The Kier molecular flexibility index (Phi) is 5.69. The second kappa shape index (κ2) is 7.73. The highest BCUT2D eigenvalue weighted by molar-refractivity contribution is 5.97. The van der Waals surface area contributed by atoms with Gasteiger partial charge in [0.25, 0.3) is 0 Å². The molecule has 2 aromatic rings. The first-order valence-corrected chi connectivity index (χ1v) is 7.85. The summed E-state index contributed by atoms with van der Waals surface area (Å²) in [5.74, 6) is -0.204. The van der Waals surface area contributed by atoms with Crippen LogP contribution in [0.2, 0.25) is 0 Å². The molecule has 0 aliphatic carbocycles. The third-order valence-electron chi connectivity index (χ3n) is 4.03. The average molecular weight is 310 g/mol. The molecule has 0 amide bonds. The first kappa shape index (κ1) is 16.9. The van der Waals surface area contributed by atoms with Crippen LogP contribution in [0.1, 0.15) is 51.3 Å². The van der Waals surface area contributed by atoms with E-state index in [1.807, 2.05) is 30.3 Å². The first-order chi connectivity index (χ1) is 11.1. The molecule has 3 heteroatoms. The van der Waals surface area contributed by atoms with Gasteiger partial charge in [0.2, 0.25) is 0 Å². The molecule has 0 N–H and O–H groups in total. The third kappa shape index (κ3) is 4.07. The van der Waals surface area contributed by atoms with E-state index in [4.69, 9.17) is 4.74 Å². The molecule has 0 radical (unpaired) electrons. The van der Waals surface area contributed by atoms with Crippen LogP contribution in [0.5, 0.6) is 0 Å². The van der Waals surface area contributed by atoms with Gasteiger partial charge in [0.05, 0.1) is 12.7 Å². The van der Waals surface area contributed by atoms with Gasteiger partial charge < -0.3 is 4.74 Å². The molecule has 2 aromatic carbocycles. The van der Waals surface area contributed by atoms with Crippen LogP contribution >= 0.6 is 0 Å². The Morgan fingerprint density at radius 1 is 0.957 bits per heavy atom. The quantitative estimate of drug-likeness (QED) is 0.598. The second-order valence-corrected chi connectivity index (χ2v) is 5.55. The number of ketones is 1.